The highest BCUT2D eigenvalue weighted by Crippen LogP contribution is 2.21. The SMILES string of the molecule is CCCCn1c(C)c(C)[n+](C)c1-c1n(CC)c(C)c(C)[n+]1C. The van der Waals surface area contributed by atoms with E-state index in [-0.39, 0.29) is 0 Å². The lowest BCUT2D eigenvalue weighted by molar-refractivity contribution is -0.696. The lowest BCUT2D eigenvalue weighted by Crippen LogP contribution is -2.41. The highest BCUT2D eigenvalue weighted by atomic mass is 15.3. The van der Waals surface area contributed by atoms with Crippen LogP contribution in [-0.2, 0) is 27.2 Å². The molecule has 2 heterocycles. The van der Waals surface area contributed by atoms with Gasteiger partial charge in [0.05, 0.1) is 27.2 Å². The predicted molar refractivity (Wildman–Crippen MR) is 89.7 cm³/mol. The molecule has 4 heteroatoms. The molecule has 0 saturated heterocycles. The van der Waals surface area contributed by atoms with Gasteiger partial charge in [-0.1, -0.05) is 13.3 Å². The Hall–Kier alpha value is -1.58. The lowest BCUT2D eigenvalue weighted by atomic mass is 10.3. The summed E-state index contributed by atoms with van der Waals surface area (Å²) in [5.41, 5.74) is 5.43. The molecule has 0 unspecified atom stereocenters. The average molecular weight is 304 g/mol. The third-order valence-electron chi connectivity index (χ3n) is 5.26. The summed E-state index contributed by atoms with van der Waals surface area (Å²) >= 11 is 0. The van der Waals surface area contributed by atoms with Gasteiger partial charge in [-0.2, -0.15) is 0 Å². The van der Waals surface area contributed by atoms with Crippen molar-refractivity contribution in [2.75, 3.05) is 0 Å². The zero-order valence-electron chi connectivity index (χ0n) is 15.6. The van der Waals surface area contributed by atoms with Crippen LogP contribution in [0, 0.1) is 27.7 Å². The molecule has 0 aliphatic carbocycles. The average Bonchev–Trinajstić information content (AvgIpc) is 2.84. The van der Waals surface area contributed by atoms with E-state index in [0.29, 0.717) is 0 Å². The van der Waals surface area contributed by atoms with E-state index in [1.54, 1.807) is 0 Å². The molecule has 0 aliphatic heterocycles. The molecule has 0 spiro atoms. The van der Waals surface area contributed by atoms with Crippen molar-refractivity contribution in [2.45, 2.75) is 67.5 Å². The zero-order valence-corrected chi connectivity index (χ0v) is 15.6. The molecule has 4 nitrogen and oxygen atoms in total. The van der Waals surface area contributed by atoms with Gasteiger partial charge in [-0.25, -0.2) is 18.3 Å². The molecule has 22 heavy (non-hydrogen) atoms. The van der Waals surface area contributed by atoms with Gasteiger partial charge in [0, 0.05) is 27.7 Å². The Bertz CT molecular complexity index is 689. The van der Waals surface area contributed by atoms with Crippen molar-refractivity contribution >= 4 is 0 Å². The first-order chi connectivity index (χ1) is 10.4. The summed E-state index contributed by atoms with van der Waals surface area (Å²) in [4.78, 5) is 0. The van der Waals surface area contributed by atoms with E-state index < -0.39 is 0 Å². The van der Waals surface area contributed by atoms with Crippen molar-refractivity contribution in [3.05, 3.63) is 22.8 Å². The topological polar surface area (TPSA) is 17.6 Å². The van der Waals surface area contributed by atoms with Gasteiger partial charge in [-0.05, 0) is 13.3 Å². The number of hydrogen-bond acceptors (Lipinski definition) is 0. The van der Waals surface area contributed by atoms with Gasteiger partial charge in [0.15, 0.2) is 0 Å². The van der Waals surface area contributed by atoms with Gasteiger partial charge >= 0.3 is 11.6 Å². The highest BCUT2D eigenvalue weighted by Gasteiger charge is 2.36. The molecule has 122 valence electrons. The molecule has 2 rings (SSSR count). The Morgan fingerprint density at radius 2 is 1.23 bits per heavy atom. The van der Waals surface area contributed by atoms with E-state index in [0.717, 1.165) is 13.1 Å². The molecule has 0 aliphatic rings. The Morgan fingerprint density at radius 1 is 0.773 bits per heavy atom. The second-order valence-corrected chi connectivity index (χ2v) is 6.36. The van der Waals surface area contributed by atoms with Gasteiger partial charge in [0.25, 0.3) is 0 Å². The number of unbranched alkanes of at least 4 members (excludes halogenated alkanes) is 1. The Labute approximate surface area is 135 Å². The molecule has 0 fully saturated rings. The molecule has 0 aromatic carbocycles. The van der Waals surface area contributed by atoms with E-state index in [9.17, 15) is 0 Å². The van der Waals surface area contributed by atoms with E-state index in [1.165, 1.54) is 47.3 Å². The summed E-state index contributed by atoms with van der Waals surface area (Å²) in [6.45, 7) is 15.5. The minimum Gasteiger partial charge on any atom is -0.223 e. The van der Waals surface area contributed by atoms with Crippen LogP contribution in [0.5, 0.6) is 0 Å². The fourth-order valence-electron chi connectivity index (χ4n) is 3.39. The molecule has 0 saturated carbocycles. The zero-order chi connectivity index (χ0) is 16.6. The largest absolute Gasteiger partial charge is 0.373 e. The second kappa shape index (κ2) is 6.27. The van der Waals surface area contributed by atoms with Crippen LogP contribution in [0.1, 0.15) is 49.5 Å². The standard InChI is InChI=1S/C18H32N4/c1-9-11-12-22-16(6)14(4)20(8)18(22)17-19(7)13(3)15(5)21(17)10-2/h9-12H2,1-8H3/q+2. The molecule has 0 radical (unpaired) electrons. The van der Waals surface area contributed by atoms with Crippen LogP contribution in [0.3, 0.4) is 0 Å². The van der Waals surface area contributed by atoms with Gasteiger partial charge in [-0.3, -0.25) is 0 Å². The number of imidazole rings is 2. The summed E-state index contributed by atoms with van der Waals surface area (Å²) in [5, 5.41) is 0. The minimum absolute atomic E-state index is 1.000. The lowest BCUT2D eigenvalue weighted by Gasteiger charge is -2.03. The maximum absolute atomic E-state index is 2.50. The molecule has 2 aromatic heterocycles. The third-order valence-corrected chi connectivity index (χ3v) is 5.26. The van der Waals surface area contributed by atoms with Crippen LogP contribution in [0.15, 0.2) is 0 Å². The molecule has 0 bridgehead atoms. The number of aromatic nitrogens is 4. The fraction of sp³-hybridized carbons (Fsp3) is 0.667. The van der Waals surface area contributed by atoms with Crippen LogP contribution in [0.25, 0.3) is 11.6 Å². The van der Waals surface area contributed by atoms with Crippen LogP contribution in [0.2, 0.25) is 0 Å². The van der Waals surface area contributed by atoms with E-state index in [1.807, 2.05) is 0 Å². The summed E-state index contributed by atoms with van der Waals surface area (Å²) in [5.74, 6) is 2.64. The van der Waals surface area contributed by atoms with Crippen molar-refractivity contribution in [1.82, 2.24) is 9.13 Å². The first-order valence-electron chi connectivity index (χ1n) is 8.48. The van der Waals surface area contributed by atoms with Crippen molar-refractivity contribution in [2.24, 2.45) is 14.1 Å². The first-order valence-corrected chi connectivity index (χ1v) is 8.48. The van der Waals surface area contributed by atoms with Crippen LogP contribution in [0.4, 0.5) is 0 Å². The van der Waals surface area contributed by atoms with Gasteiger partial charge < -0.3 is 0 Å². The number of hydrogen-bond donors (Lipinski definition) is 0. The highest BCUT2D eigenvalue weighted by molar-refractivity contribution is 5.41. The van der Waals surface area contributed by atoms with Gasteiger partial charge in [-0.15, -0.1) is 0 Å². The third kappa shape index (κ3) is 2.38. The minimum atomic E-state index is 1.000. The molecule has 0 atom stereocenters. The molecular weight excluding hydrogens is 272 g/mol. The van der Waals surface area contributed by atoms with Crippen molar-refractivity contribution < 1.29 is 9.13 Å². The maximum Gasteiger partial charge on any atom is 0.373 e. The summed E-state index contributed by atoms with van der Waals surface area (Å²) in [6.07, 6.45) is 2.44. The first kappa shape index (κ1) is 16.8. The normalized spacial score (nSPS) is 11.5. The van der Waals surface area contributed by atoms with Gasteiger partial charge in [0.1, 0.15) is 22.8 Å². The number of nitrogens with zero attached hydrogens (tertiary/aromatic N) is 4. The summed E-state index contributed by atoms with van der Waals surface area (Å²) < 4.78 is 9.63. The Kier molecular flexibility index (Phi) is 4.78. The Balaban J connectivity index is 2.78. The monoisotopic (exact) mass is 304 g/mol. The van der Waals surface area contributed by atoms with Crippen LogP contribution in [-0.4, -0.2) is 9.13 Å². The van der Waals surface area contributed by atoms with Crippen LogP contribution < -0.4 is 9.13 Å². The fourth-order valence-corrected chi connectivity index (χ4v) is 3.39. The van der Waals surface area contributed by atoms with Crippen molar-refractivity contribution in [3.8, 4) is 11.6 Å². The molecule has 0 N–H and O–H groups in total. The molecule has 2 aromatic rings. The maximum atomic E-state index is 2.50. The molecule has 0 amide bonds. The summed E-state index contributed by atoms with van der Waals surface area (Å²) in [7, 11) is 4.38. The number of rotatable bonds is 5. The van der Waals surface area contributed by atoms with Crippen molar-refractivity contribution in [1.29, 1.82) is 0 Å². The Morgan fingerprint density at radius 3 is 1.68 bits per heavy atom. The van der Waals surface area contributed by atoms with E-state index in [4.69, 9.17) is 0 Å². The second-order valence-electron chi connectivity index (χ2n) is 6.36. The quantitative estimate of drug-likeness (QED) is 0.756. The van der Waals surface area contributed by atoms with Crippen LogP contribution >= 0.6 is 0 Å². The van der Waals surface area contributed by atoms with Crippen molar-refractivity contribution in [3.63, 3.8) is 0 Å². The van der Waals surface area contributed by atoms with E-state index >= 15 is 0 Å². The van der Waals surface area contributed by atoms with Gasteiger partial charge in [0.2, 0.25) is 0 Å². The smallest absolute Gasteiger partial charge is 0.223 e. The summed E-state index contributed by atoms with van der Waals surface area (Å²) in [6, 6.07) is 0. The predicted octanol–water partition coefficient (Wildman–Crippen LogP) is 2.66. The van der Waals surface area contributed by atoms with E-state index in [2.05, 4.69) is 73.9 Å². The molecular formula is C18H32N4+2.